The second-order valence-electron chi connectivity index (χ2n) is 6.34. The SMILES string of the molecule is COC(=O)c1ccc2oc(-c3cc(C)ccc3OC(C)C)cc(=O)c2c1. The monoisotopic (exact) mass is 352 g/mol. The Morgan fingerprint density at radius 2 is 1.85 bits per heavy atom. The highest BCUT2D eigenvalue weighted by Gasteiger charge is 2.15. The summed E-state index contributed by atoms with van der Waals surface area (Å²) < 4.78 is 16.5. The molecule has 0 saturated carbocycles. The molecule has 5 nitrogen and oxygen atoms in total. The summed E-state index contributed by atoms with van der Waals surface area (Å²) in [7, 11) is 1.30. The van der Waals surface area contributed by atoms with Crippen LogP contribution in [0.25, 0.3) is 22.3 Å². The molecule has 1 aromatic heterocycles. The molecule has 1 heterocycles. The highest BCUT2D eigenvalue weighted by Crippen LogP contribution is 2.32. The van der Waals surface area contributed by atoms with E-state index in [2.05, 4.69) is 0 Å². The van der Waals surface area contributed by atoms with Gasteiger partial charge in [0.2, 0.25) is 0 Å². The second-order valence-corrected chi connectivity index (χ2v) is 6.34. The lowest BCUT2D eigenvalue weighted by Gasteiger charge is -2.14. The molecule has 0 aliphatic carbocycles. The van der Waals surface area contributed by atoms with E-state index in [1.807, 2.05) is 39.0 Å². The van der Waals surface area contributed by atoms with Gasteiger partial charge in [-0.2, -0.15) is 0 Å². The summed E-state index contributed by atoms with van der Waals surface area (Å²) in [5.41, 5.74) is 2.22. The van der Waals surface area contributed by atoms with Crippen molar-refractivity contribution in [3.05, 3.63) is 63.8 Å². The summed E-state index contributed by atoms with van der Waals surface area (Å²) in [6.45, 7) is 5.84. The molecule has 5 heteroatoms. The molecule has 0 spiro atoms. The Hall–Kier alpha value is -3.08. The Labute approximate surface area is 151 Å². The molecule has 134 valence electrons. The molecule has 2 aromatic carbocycles. The van der Waals surface area contributed by atoms with Gasteiger partial charge in [0, 0.05) is 6.07 Å². The van der Waals surface area contributed by atoms with Gasteiger partial charge in [-0.3, -0.25) is 4.79 Å². The van der Waals surface area contributed by atoms with Crippen molar-refractivity contribution in [1.29, 1.82) is 0 Å². The van der Waals surface area contributed by atoms with Crippen molar-refractivity contribution >= 4 is 16.9 Å². The van der Waals surface area contributed by atoms with Crippen molar-refractivity contribution in [1.82, 2.24) is 0 Å². The first-order chi connectivity index (χ1) is 12.4. The van der Waals surface area contributed by atoms with Crippen LogP contribution in [0.4, 0.5) is 0 Å². The molecular formula is C21H20O5. The van der Waals surface area contributed by atoms with E-state index in [-0.39, 0.29) is 11.5 Å². The lowest BCUT2D eigenvalue weighted by molar-refractivity contribution is 0.0601. The number of hydrogen-bond donors (Lipinski definition) is 0. The lowest BCUT2D eigenvalue weighted by Crippen LogP contribution is -2.08. The van der Waals surface area contributed by atoms with Gasteiger partial charge in [-0.1, -0.05) is 11.6 Å². The van der Waals surface area contributed by atoms with E-state index >= 15 is 0 Å². The van der Waals surface area contributed by atoms with Crippen molar-refractivity contribution in [2.75, 3.05) is 7.11 Å². The highest BCUT2D eigenvalue weighted by molar-refractivity contribution is 5.94. The van der Waals surface area contributed by atoms with Gasteiger partial charge in [0.05, 0.1) is 29.7 Å². The van der Waals surface area contributed by atoms with Crippen LogP contribution in [-0.4, -0.2) is 19.2 Å². The minimum absolute atomic E-state index is 0.00810. The molecule has 0 atom stereocenters. The van der Waals surface area contributed by atoms with Crippen LogP contribution in [0.15, 0.2) is 51.7 Å². The molecule has 0 unspecified atom stereocenters. The van der Waals surface area contributed by atoms with E-state index in [0.717, 1.165) is 11.1 Å². The van der Waals surface area contributed by atoms with Crippen molar-refractivity contribution in [2.24, 2.45) is 0 Å². The number of esters is 1. The zero-order chi connectivity index (χ0) is 18.8. The van der Waals surface area contributed by atoms with Gasteiger partial charge < -0.3 is 13.9 Å². The molecule has 0 aliphatic rings. The van der Waals surface area contributed by atoms with E-state index in [1.54, 1.807) is 12.1 Å². The highest BCUT2D eigenvalue weighted by atomic mass is 16.5. The molecule has 0 aliphatic heterocycles. The van der Waals surface area contributed by atoms with Crippen LogP contribution < -0.4 is 10.2 Å². The first-order valence-corrected chi connectivity index (χ1v) is 8.33. The minimum Gasteiger partial charge on any atom is -0.490 e. The van der Waals surface area contributed by atoms with Crippen LogP contribution >= 0.6 is 0 Å². The predicted octanol–water partition coefficient (Wildman–Crippen LogP) is 4.34. The Morgan fingerprint density at radius 3 is 2.54 bits per heavy atom. The average molecular weight is 352 g/mol. The fourth-order valence-electron chi connectivity index (χ4n) is 2.73. The molecule has 0 N–H and O–H groups in total. The summed E-state index contributed by atoms with van der Waals surface area (Å²) in [6, 6.07) is 11.8. The Balaban J connectivity index is 2.17. The fraction of sp³-hybridized carbons (Fsp3) is 0.238. The Bertz CT molecular complexity index is 1030. The molecule has 3 rings (SSSR count). The zero-order valence-electron chi connectivity index (χ0n) is 15.2. The van der Waals surface area contributed by atoms with E-state index in [4.69, 9.17) is 13.9 Å². The van der Waals surface area contributed by atoms with E-state index in [0.29, 0.717) is 28.0 Å². The van der Waals surface area contributed by atoms with Crippen LogP contribution in [-0.2, 0) is 4.74 Å². The third-order valence-corrected chi connectivity index (χ3v) is 3.91. The van der Waals surface area contributed by atoms with Gasteiger partial charge in [-0.15, -0.1) is 0 Å². The Kier molecular flexibility index (Phi) is 4.80. The molecule has 0 fully saturated rings. The van der Waals surface area contributed by atoms with Crippen LogP contribution in [0.2, 0.25) is 0 Å². The number of aryl methyl sites for hydroxylation is 1. The normalized spacial score (nSPS) is 11.0. The first-order valence-electron chi connectivity index (χ1n) is 8.33. The standard InChI is InChI=1S/C21H20O5/c1-12(2)25-19-7-5-13(3)9-16(19)20-11-17(22)15-10-14(21(23)24-4)6-8-18(15)26-20/h5-12H,1-4H3. The smallest absolute Gasteiger partial charge is 0.337 e. The summed E-state index contributed by atoms with van der Waals surface area (Å²) in [4.78, 5) is 24.3. The minimum atomic E-state index is -0.498. The summed E-state index contributed by atoms with van der Waals surface area (Å²) in [5, 5.41) is 0.329. The lowest BCUT2D eigenvalue weighted by atomic mass is 10.1. The molecule has 0 bridgehead atoms. The summed E-state index contributed by atoms with van der Waals surface area (Å²) in [5.74, 6) is 0.577. The Morgan fingerprint density at radius 1 is 1.08 bits per heavy atom. The van der Waals surface area contributed by atoms with Gasteiger partial charge in [0.25, 0.3) is 0 Å². The third kappa shape index (κ3) is 3.47. The van der Waals surface area contributed by atoms with Crippen molar-refractivity contribution in [2.45, 2.75) is 26.9 Å². The number of methoxy groups -OCH3 is 1. The number of ether oxygens (including phenoxy) is 2. The summed E-state index contributed by atoms with van der Waals surface area (Å²) in [6.07, 6.45) is -0.00810. The maximum atomic E-state index is 12.6. The van der Waals surface area contributed by atoms with Crippen LogP contribution in [0.1, 0.15) is 29.8 Å². The summed E-state index contributed by atoms with van der Waals surface area (Å²) >= 11 is 0. The number of carbonyl (C=O) groups is 1. The van der Waals surface area contributed by atoms with Crippen molar-refractivity contribution in [3.8, 4) is 17.1 Å². The molecule has 0 amide bonds. The van der Waals surface area contributed by atoms with E-state index in [1.165, 1.54) is 19.2 Å². The first kappa shape index (κ1) is 17.7. The number of benzene rings is 2. The van der Waals surface area contributed by atoms with Gasteiger partial charge >= 0.3 is 5.97 Å². The van der Waals surface area contributed by atoms with Crippen molar-refractivity contribution < 1.29 is 18.7 Å². The van der Waals surface area contributed by atoms with E-state index < -0.39 is 5.97 Å². The number of fused-ring (bicyclic) bond motifs is 1. The maximum absolute atomic E-state index is 12.6. The number of carbonyl (C=O) groups excluding carboxylic acids is 1. The second kappa shape index (κ2) is 7.04. The topological polar surface area (TPSA) is 65.7 Å². The molecular weight excluding hydrogens is 332 g/mol. The fourth-order valence-corrected chi connectivity index (χ4v) is 2.73. The van der Waals surface area contributed by atoms with Gasteiger partial charge in [-0.05, 0) is 51.1 Å². The van der Waals surface area contributed by atoms with Crippen LogP contribution in [0.5, 0.6) is 5.75 Å². The third-order valence-electron chi connectivity index (χ3n) is 3.91. The molecule has 0 saturated heterocycles. The van der Waals surface area contributed by atoms with Gasteiger partial charge in [0.15, 0.2) is 5.43 Å². The quantitative estimate of drug-likeness (QED) is 0.654. The average Bonchev–Trinajstić information content (AvgIpc) is 2.61. The zero-order valence-corrected chi connectivity index (χ0v) is 15.2. The predicted molar refractivity (Wildman–Crippen MR) is 99.8 cm³/mol. The van der Waals surface area contributed by atoms with Crippen LogP contribution in [0.3, 0.4) is 0 Å². The van der Waals surface area contributed by atoms with Crippen molar-refractivity contribution in [3.63, 3.8) is 0 Å². The largest absolute Gasteiger partial charge is 0.490 e. The number of hydrogen-bond acceptors (Lipinski definition) is 5. The molecule has 3 aromatic rings. The van der Waals surface area contributed by atoms with Gasteiger partial charge in [-0.25, -0.2) is 4.79 Å². The maximum Gasteiger partial charge on any atom is 0.337 e. The van der Waals surface area contributed by atoms with Gasteiger partial charge in [0.1, 0.15) is 17.1 Å². The molecule has 26 heavy (non-hydrogen) atoms. The number of rotatable bonds is 4. The van der Waals surface area contributed by atoms with Crippen LogP contribution in [0, 0.1) is 6.92 Å². The molecule has 0 radical (unpaired) electrons. The van der Waals surface area contributed by atoms with E-state index in [9.17, 15) is 9.59 Å².